The Hall–Kier alpha value is -3.06. The minimum absolute atomic E-state index is 0.0751. The molecule has 0 spiro atoms. The summed E-state index contributed by atoms with van der Waals surface area (Å²) in [6.45, 7) is 7.87. The number of hydrogen-bond acceptors (Lipinski definition) is 5. The molecule has 35 heavy (non-hydrogen) atoms. The molecule has 1 aliphatic heterocycles. The highest BCUT2D eigenvalue weighted by atomic mass is 16.5. The Kier molecular flexibility index (Phi) is 7.08. The van der Waals surface area contributed by atoms with Crippen molar-refractivity contribution in [1.82, 2.24) is 4.90 Å². The highest BCUT2D eigenvalue weighted by molar-refractivity contribution is 5.96. The number of likely N-dealkylation sites (tertiary alicyclic amines) is 1. The first-order valence-corrected chi connectivity index (χ1v) is 12.1. The molecule has 2 amide bonds. The first-order chi connectivity index (χ1) is 16.6. The van der Waals surface area contributed by atoms with Crippen LogP contribution < -0.4 is 14.8 Å². The molecule has 2 aromatic rings. The van der Waals surface area contributed by atoms with Crippen LogP contribution in [0.25, 0.3) is 0 Å². The maximum absolute atomic E-state index is 13.2. The van der Waals surface area contributed by atoms with Gasteiger partial charge in [-0.2, -0.15) is 0 Å². The number of amides is 2. The van der Waals surface area contributed by atoms with Gasteiger partial charge in [0.2, 0.25) is 5.91 Å². The van der Waals surface area contributed by atoms with E-state index in [0.717, 1.165) is 31.4 Å². The lowest BCUT2D eigenvalue weighted by Gasteiger charge is -2.39. The van der Waals surface area contributed by atoms with Crippen LogP contribution in [-0.2, 0) is 16.1 Å². The van der Waals surface area contributed by atoms with Gasteiger partial charge in [0.25, 0.3) is 5.91 Å². The number of nitrogens with one attached hydrogen (secondary N) is 1. The molecule has 1 aliphatic carbocycles. The van der Waals surface area contributed by atoms with Crippen molar-refractivity contribution in [1.29, 1.82) is 0 Å². The Morgan fingerprint density at radius 3 is 2.46 bits per heavy atom. The van der Waals surface area contributed by atoms with Crippen LogP contribution in [0.1, 0.15) is 56.0 Å². The van der Waals surface area contributed by atoms with Crippen molar-refractivity contribution in [2.24, 2.45) is 10.8 Å². The van der Waals surface area contributed by atoms with Gasteiger partial charge >= 0.3 is 0 Å². The number of rotatable bonds is 8. The van der Waals surface area contributed by atoms with Gasteiger partial charge in [0, 0.05) is 35.5 Å². The van der Waals surface area contributed by atoms with E-state index in [9.17, 15) is 9.59 Å². The van der Waals surface area contributed by atoms with E-state index in [-0.39, 0.29) is 35.9 Å². The number of methoxy groups -OCH3 is 2. The fourth-order valence-corrected chi connectivity index (χ4v) is 5.98. The van der Waals surface area contributed by atoms with Gasteiger partial charge in [-0.15, -0.1) is 0 Å². The van der Waals surface area contributed by atoms with E-state index in [1.807, 2.05) is 12.1 Å². The van der Waals surface area contributed by atoms with Crippen molar-refractivity contribution in [3.8, 4) is 11.5 Å². The molecule has 1 N–H and O–H groups in total. The number of carbonyl (C=O) groups excluding carboxylic acids is 2. The Bertz CT molecular complexity index is 1080. The summed E-state index contributed by atoms with van der Waals surface area (Å²) in [4.78, 5) is 27.6. The van der Waals surface area contributed by atoms with Crippen LogP contribution in [0.3, 0.4) is 0 Å². The zero-order chi connectivity index (χ0) is 25.2. The molecule has 1 saturated carbocycles. The minimum Gasteiger partial charge on any atom is -0.497 e. The van der Waals surface area contributed by atoms with Gasteiger partial charge in [-0.3, -0.25) is 9.59 Å². The summed E-state index contributed by atoms with van der Waals surface area (Å²) in [5.74, 6) is 1.15. The van der Waals surface area contributed by atoms with E-state index in [0.29, 0.717) is 28.8 Å². The predicted molar refractivity (Wildman–Crippen MR) is 135 cm³/mol. The summed E-state index contributed by atoms with van der Waals surface area (Å²) in [5, 5.41) is 2.82. The average molecular weight is 481 g/mol. The summed E-state index contributed by atoms with van der Waals surface area (Å²) in [5.41, 5.74) is 2.57. The Balaban J connectivity index is 1.29. The number of hydrogen-bond donors (Lipinski definition) is 1. The van der Waals surface area contributed by atoms with E-state index in [4.69, 9.17) is 14.2 Å². The SMILES string of the molecule is COc1ccc(COCC(=O)Nc2ccc(C(=O)N3CC4(C)CC3CC(C)(C)C4)cc2)c(OC)c1. The molecular formula is C28H36N2O5. The van der Waals surface area contributed by atoms with E-state index >= 15 is 0 Å². The average Bonchev–Trinajstić information content (AvgIpc) is 3.07. The molecule has 1 saturated heterocycles. The number of ether oxygens (including phenoxy) is 3. The van der Waals surface area contributed by atoms with Crippen molar-refractivity contribution in [3.05, 3.63) is 53.6 Å². The molecule has 188 valence electrons. The van der Waals surface area contributed by atoms with Gasteiger partial charge in [-0.05, 0) is 66.5 Å². The normalized spacial score (nSPS) is 22.5. The molecule has 0 radical (unpaired) electrons. The van der Waals surface area contributed by atoms with Crippen molar-refractivity contribution in [3.63, 3.8) is 0 Å². The number of anilines is 1. The number of fused-ring (bicyclic) bond motifs is 2. The first-order valence-electron chi connectivity index (χ1n) is 12.1. The van der Waals surface area contributed by atoms with Gasteiger partial charge in [0.05, 0.1) is 20.8 Å². The van der Waals surface area contributed by atoms with Crippen LogP contribution in [0.2, 0.25) is 0 Å². The van der Waals surface area contributed by atoms with Crippen molar-refractivity contribution in [2.75, 3.05) is 32.7 Å². The maximum Gasteiger partial charge on any atom is 0.254 e. The van der Waals surface area contributed by atoms with Crippen molar-refractivity contribution < 1.29 is 23.8 Å². The van der Waals surface area contributed by atoms with E-state index in [1.165, 1.54) is 0 Å². The molecule has 7 heteroatoms. The summed E-state index contributed by atoms with van der Waals surface area (Å²) in [6.07, 6.45) is 3.28. The zero-order valence-corrected chi connectivity index (χ0v) is 21.3. The highest BCUT2D eigenvalue weighted by Gasteiger charge is 2.51. The molecule has 1 heterocycles. The molecule has 7 nitrogen and oxygen atoms in total. The molecule has 2 aromatic carbocycles. The molecule has 4 rings (SSSR count). The Morgan fingerprint density at radius 2 is 1.77 bits per heavy atom. The zero-order valence-electron chi connectivity index (χ0n) is 21.3. The summed E-state index contributed by atoms with van der Waals surface area (Å²) in [6, 6.07) is 12.9. The molecule has 2 unspecified atom stereocenters. The van der Waals surface area contributed by atoms with Crippen LogP contribution in [0.5, 0.6) is 11.5 Å². The third kappa shape index (κ3) is 5.78. The molecule has 2 atom stereocenters. The maximum atomic E-state index is 13.2. The van der Waals surface area contributed by atoms with Crippen molar-refractivity contribution in [2.45, 2.75) is 52.7 Å². The fourth-order valence-electron chi connectivity index (χ4n) is 5.98. The van der Waals surface area contributed by atoms with E-state index < -0.39 is 0 Å². The monoisotopic (exact) mass is 480 g/mol. The molecule has 2 fully saturated rings. The molecule has 0 aromatic heterocycles. The van der Waals surface area contributed by atoms with Crippen LogP contribution in [-0.4, -0.2) is 50.1 Å². The number of carbonyl (C=O) groups is 2. The largest absolute Gasteiger partial charge is 0.497 e. The smallest absolute Gasteiger partial charge is 0.254 e. The number of nitrogens with zero attached hydrogens (tertiary/aromatic N) is 1. The van der Waals surface area contributed by atoms with Gasteiger partial charge in [0.1, 0.15) is 18.1 Å². The predicted octanol–water partition coefficient (Wildman–Crippen LogP) is 4.90. The van der Waals surface area contributed by atoms with Crippen LogP contribution in [0.15, 0.2) is 42.5 Å². The third-order valence-corrected chi connectivity index (χ3v) is 7.08. The van der Waals surface area contributed by atoms with E-state index in [1.54, 1.807) is 44.6 Å². The lowest BCUT2D eigenvalue weighted by molar-refractivity contribution is -0.121. The topological polar surface area (TPSA) is 77.1 Å². The Morgan fingerprint density at radius 1 is 1.03 bits per heavy atom. The van der Waals surface area contributed by atoms with Crippen LogP contribution in [0, 0.1) is 10.8 Å². The van der Waals surface area contributed by atoms with Crippen LogP contribution >= 0.6 is 0 Å². The van der Waals surface area contributed by atoms with Crippen LogP contribution in [0.4, 0.5) is 5.69 Å². The molecular weight excluding hydrogens is 444 g/mol. The Labute approximate surface area is 207 Å². The second kappa shape index (κ2) is 9.90. The third-order valence-electron chi connectivity index (χ3n) is 7.08. The number of benzene rings is 2. The fraction of sp³-hybridized carbons (Fsp3) is 0.500. The van der Waals surface area contributed by atoms with Gasteiger partial charge in [0.15, 0.2) is 0 Å². The standard InChI is InChI=1S/C28H36N2O5/c1-27(2)13-22-14-28(3,17-27)18-30(22)26(32)19-6-9-21(10-7-19)29-25(31)16-35-15-20-8-11-23(33-4)12-24(20)34-5/h6-12,22H,13-18H2,1-5H3,(H,29,31). The lowest BCUT2D eigenvalue weighted by Crippen LogP contribution is -2.37. The van der Waals surface area contributed by atoms with Gasteiger partial charge in [-0.25, -0.2) is 0 Å². The first kappa shape index (κ1) is 25.0. The summed E-state index contributed by atoms with van der Waals surface area (Å²) >= 11 is 0. The van der Waals surface area contributed by atoms with Gasteiger partial charge in [-0.1, -0.05) is 20.8 Å². The molecule has 2 bridgehead atoms. The van der Waals surface area contributed by atoms with Crippen molar-refractivity contribution >= 4 is 17.5 Å². The summed E-state index contributed by atoms with van der Waals surface area (Å²) in [7, 11) is 3.17. The second-order valence-electron chi connectivity index (χ2n) is 10.9. The lowest BCUT2D eigenvalue weighted by atomic mass is 9.65. The second-order valence-corrected chi connectivity index (χ2v) is 10.9. The van der Waals surface area contributed by atoms with E-state index in [2.05, 4.69) is 31.0 Å². The molecule has 2 aliphatic rings. The minimum atomic E-state index is -0.264. The summed E-state index contributed by atoms with van der Waals surface area (Å²) < 4.78 is 16.1. The highest BCUT2D eigenvalue weighted by Crippen LogP contribution is 2.52. The quantitative estimate of drug-likeness (QED) is 0.582. The van der Waals surface area contributed by atoms with Gasteiger partial charge < -0.3 is 24.4 Å².